The number of nitrogen functional groups attached to an aromatic ring is 1. The number of nitrogens with one attached hydrogen (secondary N) is 1. The van der Waals surface area contributed by atoms with Crippen LogP contribution < -0.4 is 11.1 Å². The topological polar surface area (TPSA) is 107 Å². The van der Waals surface area contributed by atoms with Gasteiger partial charge in [-0.2, -0.15) is 0 Å². The molecule has 27 heavy (non-hydrogen) atoms. The van der Waals surface area contributed by atoms with E-state index in [0.29, 0.717) is 11.7 Å². The standard InChI is InChI=1S/C19H27N5O3/c1-18(2)26-14-13(24-4-3-12-16(20)22-9-23-17(12)24)7-19(15(14)27-18)5-11(6-19)8-21-10-25/h3-4,9,11,13-15,21,25H,5-8,10H2,1-2H3,(H2,20,22,23)/t11?,13-,14+,15+,19?/m1/s1. The van der Waals surface area contributed by atoms with E-state index in [9.17, 15) is 0 Å². The molecule has 0 radical (unpaired) electrons. The Labute approximate surface area is 158 Å². The Morgan fingerprint density at radius 2 is 2.11 bits per heavy atom. The van der Waals surface area contributed by atoms with Gasteiger partial charge >= 0.3 is 0 Å². The number of ether oxygens (including phenoxy) is 2. The van der Waals surface area contributed by atoms with Gasteiger partial charge in [-0.25, -0.2) is 9.97 Å². The highest BCUT2D eigenvalue weighted by Gasteiger charge is 2.65. The Hall–Kier alpha value is -1.74. The van der Waals surface area contributed by atoms with Gasteiger partial charge < -0.3 is 24.9 Å². The summed E-state index contributed by atoms with van der Waals surface area (Å²) in [4.78, 5) is 8.58. The molecular formula is C19H27N5O3. The van der Waals surface area contributed by atoms with E-state index in [4.69, 9.17) is 20.3 Å². The zero-order valence-corrected chi connectivity index (χ0v) is 15.8. The van der Waals surface area contributed by atoms with E-state index in [1.165, 1.54) is 6.33 Å². The van der Waals surface area contributed by atoms with E-state index in [0.717, 1.165) is 36.8 Å². The molecule has 0 aromatic carbocycles. The predicted molar refractivity (Wildman–Crippen MR) is 99.7 cm³/mol. The lowest BCUT2D eigenvalue weighted by Gasteiger charge is -2.48. The number of anilines is 1. The van der Waals surface area contributed by atoms with Crippen molar-refractivity contribution in [3.05, 3.63) is 18.6 Å². The van der Waals surface area contributed by atoms with Gasteiger partial charge in [0.15, 0.2) is 5.79 Å². The fraction of sp³-hybridized carbons (Fsp3) is 0.684. The first-order valence-electron chi connectivity index (χ1n) is 9.67. The van der Waals surface area contributed by atoms with Crippen LogP contribution in [0.3, 0.4) is 0 Å². The fourth-order valence-electron chi connectivity index (χ4n) is 5.61. The summed E-state index contributed by atoms with van der Waals surface area (Å²) in [5, 5.41) is 12.9. The van der Waals surface area contributed by atoms with Crippen LogP contribution in [-0.4, -0.2) is 50.9 Å². The zero-order valence-electron chi connectivity index (χ0n) is 15.8. The third-order valence-corrected chi connectivity index (χ3v) is 6.56. The highest BCUT2D eigenvalue weighted by Crippen LogP contribution is 2.63. The van der Waals surface area contributed by atoms with Crippen molar-refractivity contribution in [3.63, 3.8) is 0 Å². The first kappa shape index (κ1) is 17.4. The fourth-order valence-corrected chi connectivity index (χ4v) is 5.61. The summed E-state index contributed by atoms with van der Waals surface area (Å²) in [6.45, 7) is 4.86. The van der Waals surface area contributed by atoms with Gasteiger partial charge in [-0.05, 0) is 45.1 Å². The Morgan fingerprint density at radius 1 is 1.30 bits per heavy atom. The SMILES string of the molecule is CC1(C)O[C@H]2[C@H](n3ccc4c(N)ncnc43)CC3(CC(CNCO)C3)[C@H]2O1. The maximum atomic E-state index is 9.02. The van der Waals surface area contributed by atoms with Gasteiger partial charge in [0.1, 0.15) is 23.9 Å². The van der Waals surface area contributed by atoms with Crippen LogP contribution in [0, 0.1) is 11.3 Å². The Balaban J connectivity index is 1.47. The molecule has 0 unspecified atom stereocenters. The minimum atomic E-state index is -0.577. The van der Waals surface area contributed by atoms with Crippen LogP contribution in [0.2, 0.25) is 0 Å². The molecule has 8 heteroatoms. The van der Waals surface area contributed by atoms with Crippen LogP contribution in [0.5, 0.6) is 0 Å². The summed E-state index contributed by atoms with van der Waals surface area (Å²) in [6.07, 6.45) is 6.83. The van der Waals surface area contributed by atoms with Crippen molar-refractivity contribution < 1.29 is 14.6 Å². The van der Waals surface area contributed by atoms with Gasteiger partial charge in [0.25, 0.3) is 0 Å². The number of fused-ring (bicyclic) bond motifs is 3. The summed E-state index contributed by atoms with van der Waals surface area (Å²) in [6, 6.07) is 2.15. The van der Waals surface area contributed by atoms with E-state index in [2.05, 4.69) is 26.0 Å². The number of aliphatic hydroxyl groups is 1. The number of aromatic nitrogens is 3. The van der Waals surface area contributed by atoms with Gasteiger partial charge in [-0.15, -0.1) is 0 Å². The van der Waals surface area contributed by atoms with E-state index < -0.39 is 5.79 Å². The third-order valence-electron chi connectivity index (χ3n) is 6.56. The minimum Gasteiger partial charge on any atom is -0.383 e. The van der Waals surface area contributed by atoms with E-state index in [-0.39, 0.29) is 30.4 Å². The third kappa shape index (κ3) is 2.58. The lowest BCUT2D eigenvalue weighted by Crippen LogP contribution is -2.48. The second kappa shape index (κ2) is 5.88. The number of aliphatic hydroxyl groups excluding tert-OH is 1. The predicted octanol–water partition coefficient (Wildman–Crippen LogP) is 1.41. The summed E-state index contributed by atoms with van der Waals surface area (Å²) in [5.74, 6) is 0.501. The van der Waals surface area contributed by atoms with Crippen LogP contribution in [0.25, 0.3) is 11.0 Å². The van der Waals surface area contributed by atoms with Crippen LogP contribution >= 0.6 is 0 Å². The van der Waals surface area contributed by atoms with Crippen molar-refractivity contribution in [2.45, 2.75) is 57.1 Å². The van der Waals surface area contributed by atoms with Gasteiger partial charge in [0.05, 0.1) is 24.3 Å². The Bertz CT molecular complexity index is 860. The highest BCUT2D eigenvalue weighted by atomic mass is 16.8. The van der Waals surface area contributed by atoms with Gasteiger partial charge in [-0.3, -0.25) is 5.32 Å². The zero-order chi connectivity index (χ0) is 18.8. The first-order chi connectivity index (χ1) is 12.9. The van der Waals surface area contributed by atoms with Gasteiger partial charge in [-0.1, -0.05) is 0 Å². The normalized spacial score (nSPS) is 37.0. The minimum absolute atomic E-state index is 0.00135. The second-order valence-electron chi connectivity index (χ2n) is 8.76. The van der Waals surface area contributed by atoms with Crippen LogP contribution in [-0.2, 0) is 9.47 Å². The van der Waals surface area contributed by atoms with Crippen molar-refractivity contribution in [3.8, 4) is 0 Å². The van der Waals surface area contributed by atoms with Crippen LogP contribution in [0.4, 0.5) is 5.82 Å². The average molecular weight is 373 g/mol. The molecule has 0 bridgehead atoms. The molecule has 3 fully saturated rings. The molecule has 8 nitrogen and oxygen atoms in total. The van der Waals surface area contributed by atoms with Crippen LogP contribution in [0.1, 0.15) is 39.2 Å². The number of hydrogen-bond acceptors (Lipinski definition) is 7. The Kier molecular flexibility index (Phi) is 3.78. The van der Waals surface area contributed by atoms with Crippen LogP contribution in [0.15, 0.2) is 18.6 Å². The van der Waals surface area contributed by atoms with E-state index >= 15 is 0 Å². The Morgan fingerprint density at radius 3 is 2.89 bits per heavy atom. The summed E-state index contributed by atoms with van der Waals surface area (Å²) in [7, 11) is 0. The van der Waals surface area contributed by atoms with Gasteiger partial charge in [0.2, 0.25) is 0 Å². The summed E-state index contributed by atoms with van der Waals surface area (Å²) < 4.78 is 14.9. The lowest BCUT2D eigenvalue weighted by molar-refractivity contribution is -0.181. The molecule has 1 spiro atoms. The molecule has 1 saturated heterocycles. The molecule has 2 aliphatic carbocycles. The van der Waals surface area contributed by atoms with Crippen molar-refractivity contribution in [2.75, 3.05) is 19.0 Å². The number of rotatable bonds is 4. The molecule has 3 aliphatic rings. The number of nitrogens with zero attached hydrogens (tertiary/aromatic N) is 3. The van der Waals surface area contributed by atoms with Crippen molar-refractivity contribution >= 4 is 16.9 Å². The molecule has 3 atom stereocenters. The largest absolute Gasteiger partial charge is 0.383 e. The molecule has 146 valence electrons. The maximum absolute atomic E-state index is 9.02. The maximum Gasteiger partial charge on any atom is 0.163 e. The summed E-state index contributed by atoms with van der Waals surface area (Å²) >= 11 is 0. The second-order valence-corrected chi connectivity index (χ2v) is 8.76. The quantitative estimate of drug-likeness (QED) is 0.696. The number of nitrogens with two attached hydrogens (primary N) is 1. The molecule has 4 N–H and O–H groups in total. The monoisotopic (exact) mass is 373 g/mol. The number of hydrogen-bond donors (Lipinski definition) is 3. The van der Waals surface area contributed by atoms with E-state index in [1.54, 1.807) is 0 Å². The molecular weight excluding hydrogens is 346 g/mol. The molecule has 2 aromatic rings. The molecule has 0 amide bonds. The van der Waals surface area contributed by atoms with E-state index in [1.807, 2.05) is 19.9 Å². The van der Waals surface area contributed by atoms with Crippen molar-refractivity contribution in [1.82, 2.24) is 19.9 Å². The highest BCUT2D eigenvalue weighted by molar-refractivity contribution is 5.86. The van der Waals surface area contributed by atoms with Crippen molar-refractivity contribution in [1.29, 1.82) is 0 Å². The molecule has 1 aliphatic heterocycles. The molecule has 3 heterocycles. The van der Waals surface area contributed by atoms with Crippen molar-refractivity contribution in [2.24, 2.45) is 11.3 Å². The lowest BCUT2D eigenvalue weighted by atomic mass is 9.59. The first-order valence-corrected chi connectivity index (χ1v) is 9.67. The van der Waals surface area contributed by atoms with Gasteiger partial charge in [0, 0.05) is 18.2 Å². The molecule has 2 aromatic heterocycles. The summed E-state index contributed by atoms with van der Waals surface area (Å²) in [5.41, 5.74) is 7.01. The average Bonchev–Trinajstić information content (AvgIpc) is 3.22. The molecule has 2 saturated carbocycles. The molecule has 5 rings (SSSR count). The smallest absolute Gasteiger partial charge is 0.163 e.